The van der Waals surface area contributed by atoms with Gasteiger partial charge in [-0.05, 0) is 30.3 Å². The van der Waals surface area contributed by atoms with Gasteiger partial charge in [-0.15, -0.1) is 0 Å². The largest absolute Gasteiger partial charge is 0.355 e. The van der Waals surface area contributed by atoms with Gasteiger partial charge in [0.1, 0.15) is 5.15 Å². The van der Waals surface area contributed by atoms with Crippen molar-refractivity contribution < 1.29 is 0 Å². The van der Waals surface area contributed by atoms with Crippen LogP contribution in [0.15, 0.2) is 42.6 Å². The number of nitriles is 1. The molecule has 2 rings (SSSR count). The van der Waals surface area contributed by atoms with E-state index in [1.165, 1.54) is 0 Å². The summed E-state index contributed by atoms with van der Waals surface area (Å²) >= 11 is 5.77. The van der Waals surface area contributed by atoms with Crippen LogP contribution in [0.3, 0.4) is 0 Å². The first-order valence-electron chi connectivity index (χ1n) is 4.67. The smallest absolute Gasteiger partial charge is 0.131 e. The SMILES string of the molecule is N#Cc1cccc(Nc2ccnc(Cl)c2)c1. The second kappa shape index (κ2) is 4.65. The van der Waals surface area contributed by atoms with Crippen LogP contribution in [0, 0.1) is 11.3 Å². The summed E-state index contributed by atoms with van der Waals surface area (Å²) in [5, 5.41) is 12.3. The molecule has 0 aliphatic rings. The van der Waals surface area contributed by atoms with E-state index < -0.39 is 0 Å². The predicted molar refractivity (Wildman–Crippen MR) is 63.7 cm³/mol. The molecular formula is C12H8ClN3. The van der Waals surface area contributed by atoms with E-state index in [1.807, 2.05) is 18.2 Å². The van der Waals surface area contributed by atoms with Gasteiger partial charge in [0.05, 0.1) is 11.6 Å². The molecule has 78 valence electrons. The topological polar surface area (TPSA) is 48.7 Å². The maximum absolute atomic E-state index is 8.76. The van der Waals surface area contributed by atoms with Crippen molar-refractivity contribution in [2.24, 2.45) is 0 Å². The Hall–Kier alpha value is -2.05. The van der Waals surface area contributed by atoms with Crippen LogP contribution >= 0.6 is 11.6 Å². The zero-order valence-electron chi connectivity index (χ0n) is 8.31. The Kier molecular flexibility index (Phi) is 3.04. The molecule has 0 aliphatic carbocycles. The van der Waals surface area contributed by atoms with Gasteiger partial charge in [0.25, 0.3) is 0 Å². The Labute approximate surface area is 98.3 Å². The summed E-state index contributed by atoms with van der Waals surface area (Å²) in [5.74, 6) is 0. The molecule has 0 amide bonds. The fraction of sp³-hybridized carbons (Fsp3) is 0. The average molecular weight is 230 g/mol. The minimum atomic E-state index is 0.432. The van der Waals surface area contributed by atoms with Crippen LogP contribution < -0.4 is 5.32 Å². The third-order valence-electron chi connectivity index (χ3n) is 2.01. The molecule has 0 saturated carbocycles. The lowest BCUT2D eigenvalue weighted by Gasteiger charge is -2.06. The minimum absolute atomic E-state index is 0.432. The number of anilines is 2. The number of nitrogens with zero attached hydrogens (tertiary/aromatic N) is 2. The number of benzene rings is 1. The predicted octanol–water partition coefficient (Wildman–Crippen LogP) is 3.35. The van der Waals surface area contributed by atoms with Gasteiger partial charge in [0.2, 0.25) is 0 Å². The zero-order chi connectivity index (χ0) is 11.4. The maximum Gasteiger partial charge on any atom is 0.131 e. The number of halogens is 1. The summed E-state index contributed by atoms with van der Waals surface area (Å²) in [6.45, 7) is 0. The van der Waals surface area contributed by atoms with E-state index in [2.05, 4.69) is 16.4 Å². The minimum Gasteiger partial charge on any atom is -0.355 e. The third-order valence-corrected chi connectivity index (χ3v) is 2.21. The van der Waals surface area contributed by atoms with Gasteiger partial charge < -0.3 is 5.32 Å². The molecule has 1 heterocycles. The second-order valence-electron chi connectivity index (χ2n) is 3.18. The Morgan fingerprint density at radius 2 is 2.00 bits per heavy atom. The van der Waals surface area contributed by atoms with E-state index in [4.69, 9.17) is 16.9 Å². The summed E-state index contributed by atoms with van der Waals surface area (Å²) in [5.41, 5.74) is 2.31. The lowest BCUT2D eigenvalue weighted by molar-refractivity contribution is 1.32. The van der Waals surface area contributed by atoms with Crippen LogP contribution in [-0.2, 0) is 0 Å². The van der Waals surface area contributed by atoms with Gasteiger partial charge in [0, 0.05) is 17.6 Å². The second-order valence-corrected chi connectivity index (χ2v) is 3.57. The first-order valence-corrected chi connectivity index (χ1v) is 5.04. The first kappa shape index (κ1) is 10.5. The molecule has 0 saturated heterocycles. The summed E-state index contributed by atoms with van der Waals surface area (Å²) in [4.78, 5) is 3.89. The van der Waals surface area contributed by atoms with E-state index in [9.17, 15) is 0 Å². The highest BCUT2D eigenvalue weighted by Crippen LogP contribution is 2.19. The highest BCUT2D eigenvalue weighted by Gasteiger charge is 1.97. The van der Waals surface area contributed by atoms with Crippen LogP contribution in [0.25, 0.3) is 0 Å². The monoisotopic (exact) mass is 229 g/mol. The van der Waals surface area contributed by atoms with Crippen LogP contribution in [0.1, 0.15) is 5.56 Å². The Balaban J connectivity index is 2.24. The van der Waals surface area contributed by atoms with E-state index in [0.29, 0.717) is 10.7 Å². The van der Waals surface area contributed by atoms with Gasteiger partial charge in [0.15, 0.2) is 0 Å². The normalized spacial score (nSPS) is 9.50. The van der Waals surface area contributed by atoms with Crippen molar-refractivity contribution >= 4 is 23.0 Å². The molecule has 0 aliphatic heterocycles. The van der Waals surface area contributed by atoms with Crippen LogP contribution in [0.4, 0.5) is 11.4 Å². The molecule has 1 N–H and O–H groups in total. The molecule has 0 atom stereocenters. The first-order chi connectivity index (χ1) is 7.78. The van der Waals surface area contributed by atoms with Crippen molar-refractivity contribution in [3.05, 3.63) is 53.3 Å². The van der Waals surface area contributed by atoms with E-state index in [1.54, 1.807) is 24.4 Å². The molecule has 3 nitrogen and oxygen atoms in total. The van der Waals surface area contributed by atoms with Crippen LogP contribution in [0.5, 0.6) is 0 Å². The summed E-state index contributed by atoms with van der Waals surface area (Å²) in [7, 11) is 0. The van der Waals surface area contributed by atoms with Crippen molar-refractivity contribution in [1.29, 1.82) is 5.26 Å². The lowest BCUT2D eigenvalue weighted by Crippen LogP contribution is -1.91. The van der Waals surface area contributed by atoms with Crippen LogP contribution in [0.2, 0.25) is 5.15 Å². The fourth-order valence-electron chi connectivity index (χ4n) is 1.31. The molecule has 1 aromatic heterocycles. The van der Waals surface area contributed by atoms with Gasteiger partial charge >= 0.3 is 0 Å². The fourth-order valence-corrected chi connectivity index (χ4v) is 1.49. The standard InChI is InChI=1S/C12H8ClN3/c13-12-7-11(4-5-15-12)16-10-3-1-2-9(6-10)8-14/h1-7H,(H,15,16). The number of rotatable bonds is 2. The van der Waals surface area contributed by atoms with Gasteiger partial charge in [-0.3, -0.25) is 0 Å². The summed E-state index contributed by atoms with van der Waals surface area (Å²) in [6.07, 6.45) is 1.62. The molecular weight excluding hydrogens is 222 g/mol. The lowest BCUT2D eigenvalue weighted by atomic mass is 10.2. The zero-order valence-corrected chi connectivity index (χ0v) is 9.07. The number of pyridine rings is 1. The van der Waals surface area contributed by atoms with Gasteiger partial charge in [-0.25, -0.2) is 4.98 Å². The van der Waals surface area contributed by atoms with Crippen molar-refractivity contribution in [1.82, 2.24) is 4.98 Å². The van der Waals surface area contributed by atoms with Crippen molar-refractivity contribution in [2.75, 3.05) is 5.32 Å². The van der Waals surface area contributed by atoms with E-state index >= 15 is 0 Å². The molecule has 1 aromatic carbocycles. The number of nitrogens with one attached hydrogen (secondary N) is 1. The van der Waals surface area contributed by atoms with Crippen molar-refractivity contribution in [3.63, 3.8) is 0 Å². The van der Waals surface area contributed by atoms with E-state index in [-0.39, 0.29) is 0 Å². The van der Waals surface area contributed by atoms with E-state index in [0.717, 1.165) is 11.4 Å². The average Bonchev–Trinajstić information content (AvgIpc) is 2.29. The Morgan fingerprint density at radius 1 is 1.19 bits per heavy atom. The third kappa shape index (κ3) is 2.50. The summed E-state index contributed by atoms with van der Waals surface area (Å²) in [6, 6.07) is 12.9. The molecule has 0 unspecified atom stereocenters. The quantitative estimate of drug-likeness (QED) is 0.804. The highest BCUT2D eigenvalue weighted by atomic mass is 35.5. The van der Waals surface area contributed by atoms with Crippen LogP contribution in [-0.4, -0.2) is 4.98 Å². The summed E-state index contributed by atoms with van der Waals surface area (Å²) < 4.78 is 0. The number of aromatic nitrogens is 1. The number of hydrogen-bond acceptors (Lipinski definition) is 3. The highest BCUT2D eigenvalue weighted by molar-refractivity contribution is 6.29. The molecule has 16 heavy (non-hydrogen) atoms. The molecule has 2 aromatic rings. The van der Waals surface area contributed by atoms with Gasteiger partial charge in [-0.1, -0.05) is 17.7 Å². The Bertz CT molecular complexity index is 546. The molecule has 0 fully saturated rings. The number of hydrogen-bond donors (Lipinski definition) is 1. The van der Waals surface area contributed by atoms with Crippen molar-refractivity contribution in [2.45, 2.75) is 0 Å². The molecule has 0 radical (unpaired) electrons. The molecule has 4 heteroatoms. The Morgan fingerprint density at radius 3 is 2.75 bits per heavy atom. The van der Waals surface area contributed by atoms with Gasteiger partial charge in [-0.2, -0.15) is 5.26 Å². The molecule has 0 spiro atoms. The molecule has 0 bridgehead atoms. The van der Waals surface area contributed by atoms with Crippen molar-refractivity contribution in [3.8, 4) is 6.07 Å². The maximum atomic E-state index is 8.76.